The van der Waals surface area contributed by atoms with Gasteiger partial charge in [0.1, 0.15) is 0 Å². The Kier molecular flexibility index (Phi) is 5.16. The molecule has 0 amide bonds. The lowest BCUT2D eigenvalue weighted by Crippen LogP contribution is -2.20. The van der Waals surface area contributed by atoms with Gasteiger partial charge in [-0.25, -0.2) is 4.98 Å². The number of non-ortho nitro benzene ring substituents is 1. The molecule has 0 N–H and O–H groups in total. The van der Waals surface area contributed by atoms with Gasteiger partial charge >= 0.3 is 0 Å². The lowest BCUT2D eigenvalue weighted by Gasteiger charge is -2.07. The number of hydrogen-bond donors (Lipinski definition) is 0. The third-order valence-corrected chi connectivity index (χ3v) is 4.69. The summed E-state index contributed by atoms with van der Waals surface area (Å²) in [4.78, 5) is 27.1. The van der Waals surface area contributed by atoms with Gasteiger partial charge in [0, 0.05) is 41.0 Å². The summed E-state index contributed by atoms with van der Waals surface area (Å²) in [5.74, 6) is 0.411. The maximum Gasteiger partial charge on any atom is 0.287 e. The molecule has 1 aromatic heterocycles. The second-order valence-electron chi connectivity index (χ2n) is 5.10. The summed E-state index contributed by atoms with van der Waals surface area (Å²) in [6.45, 7) is 0. The van der Waals surface area contributed by atoms with Crippen molar-refractivity contribution in [1.82, 2.24) is 9.55 Å². The Hall–Kier alpha value is -2.64. The summed E-state index contributed by atoms with van der Waals surface area (Å²) in [5, 5.41) is 11.7. The Bertz CT molecular complexity index is 973. The Morgan fingerprint density at radius 2 is 1.96 bits per heavy atom. The molecule has 3 aromatic rings. The lowest BCUT2D eigenvalue weighted by atomic mass is 10.2. The molecule has 0 bridgehead atoms. The van der Waals surface area contributed by atoms with Gasteiger partial charge < -0.3 is 0 Å². The van der Waals surface area contributed by atoms with Gasteiger partial charge in [0.2, 0.25) is 0 Å². The number of aromatic nitrogens is 2. The molecule has 8 heteroatoms. The zero-order chi connectivity index (χ0) is 17.8. The van der Waals surface area contributed by atoms with Gasteiger partial charge in [-0.05, 0) is 29.8 Å². The maximum absolute atomic E-state index is 12.6. The first-order chi connectivity index (χ1) is 12.0. The Labute approximate surface area is 152 Å². The molecule has 0 aliphatic rings. The van der Waals surface area contributed by atoms with Crippen molar-refractivity contribution < 1.29 is 4.92 Å². The van der Waals surface area contributed by atoms with Crippen molar-refractivity contribution in [3.8, 4) is 5.69 Å². The van der Waals surface area contributed by atoms with E-state index in [0.717, 1.165) is 5.56 Å². The zero-order valence-electron chi connectivity index (χ0n) is 12.8. The number of nitrogens with zero attached hydrogens (tertiary/aromatic N) is 3. The first-order valence-corrected chi connectivity index (χ1v) is 8.61. The second-order valence-corrected chi connectivity index (χ2v) is 6.50. The van der Waals surface area contributed by atoms with E-state index in [1.54, 1.807) is 48.8 Å². The van der Waals surface area contributed by atoms with E-state index in [4.69, 9.17) is 11.6 Å². The summed E-state index contributed by atoms with van der Waals surface area (Å²) in [7, 11) is 0. The molecule has 0 spiro atoms. The van der Waals surface area contributed by atoms with Crippen molar-refractivity contribution in [3.05, 3.63) is 92.0 Å². The van der Waals surface area contributed by atoms with E-state index < -0.39 is 4.92 Å². The van der Waals surface area contributed by atoms with E-state index in [1.165, 1.54) is 28.5 Å². The molecule has 0 aliphatic carbocycles. The average Bonchev–Trinajstić information content (AvgIpc) is 2.62. The fourth-order valence-electron chi connectivity index (χ4n) is 2.21. The monoisotopic (exact) mass is 373 g/mol. The number of rotatable bonds is 5. The quantitative estimate of drug-likeness (QED) is 0.382. The van der Waals surface area contributed by atoms with Crippen LogP contribution in [-0.2, 0) is 5.75 Å². The minimum absolute atomic E-state index is 0.0256. The number of hydrogen-bond acceptors (Lipinski definition) is 5. The van der Waals surface area contributed by atoms with Gasteiger partial charge in [-0.3, -0.25) is 19.5 Å². The zero-order valence-corrected chi connectivity index (χ0v) is 14.4. The molecule has 126 valence electrons. The fourth-order valence-corrected chi connectivity index (χ4v) is 3.18. The van der Waals surface area contributed by atoms with Gasteiger partial charge in [0.15, 0.2) is 5.03 Å². The molecule has 6 nitrogen and oxygen atoms in total. The number of benzene rings is 2. The van der Waals surface area contributed by atoms with Gasteiger partial charge in [-0.15, -0.1) is 0 Å². The van der Waals surface area contributed by atoms with Crippen LogP contribution in [0.5, 0.6) is 0 Å². The summed E-state index contributed by atoms with van der Waals surface area (Å²) >= 11 is 7.11. The van der Waals surface area contributed by atoms with Crippen LogP contribution in [-0.4, -0.2) is 14.5 Å². The number of thioether (sulfide) groups is 1. The minimum Gasteiger partial charge on any atom is -0.280 e. The molecule has 0 unspecified atom stereocenters. The molecular formula is C17H12ClN3O3S. The van der Waals surface area contributed by atoms with Crippen LogP contribution in [0, 0.1) is 10.1 Å². The normalized spacial score (nSPS) is 10.6. The predicted molar refractivity (Wildman–Crippen MR) is 97.5 cm³/mol. The Morgan fingerprint density at radius 1 is 1.20 bits per heavy atom. The lowest BCUT2D eigenvalue weighted by molar-refractivity contribution is -0.384. The molecule has 2 aromatic carbocycles. The summed E-state index contributed by atoms with van der Waals surface area (Å²) in [5.41, 5.74) is 1.22. The first-order valence-electron chi connectivity index (χ1n) is 7.24. The summed E-state index contributed by atoms with van der Waals surface area (Å²) < 4.78 is 1.49. The van der Waals surface area contributed by atoms with Gasteiger partial charge in [-0.2, -0.15) is 0 Å². The number of nitro benzene ring substituents is 1. The smallest absolute Gasteiger partial charge is 0.280 e. The van der Waals surface area contributed by atoms with E-state index in [1.807, 2.05) is 0 Å². The maximum atomic E-state index is 12.6. The molecule has 0 radical (unpaired) electrons. The SMILES string of the molecule is O=c1c(SCc2cccc([N+](=O)[O-])c2)nccn1-c1ccc(Cl)cc1. The van der Waals surface area contributed by atoms with Gasteiger partial charge in [0.05, 0.1) is 4.92 Å². The van der Waals surface area contributed by atoms with Crippen LogP contribution < -0.4 is 5.56 Å². The van der Waals surface area contributed by atoms with Crippen LogP contribution in [0.15, 0.2) is 70.7 Å². The van der Waals surface area contributed by atoms with E-state index in [2.05, 4.69) is 4.98 Å². The molecule has 3 rings (SSSR count). The van der Waals surface area contributed by atoms with Crippen molar-refractivity contribution >= 4 is 29.1 Å². The largest absolute Gasteiger partial charge is 0.287 e. The molecule has 0 saturated heterocycles. The van der Waals surface area contributed by atoms with Crippen LogP contribution in [0.3, 0.4) is 0 Å². The third-order valence-electron chi connectivity index (χ3n) is 3.41. The second kappa shape index (κ2) is 7.50. The van der Waals surface area contributed by atoms with E-state index in [-0.39, 0.29) is 11.2 Å². The fraction of sp³-hybridized carbons (Fsp3) is 0.0588. The molecular weight excluding hydrogens is 362 g/mol. The van der Waals surface area contributed by atoms with Crippen molar-refractivity contribution in [3.63, 3.8) is 0 Å². The highest BCUT2D eigenvalue weighted by atomic mass is 35.5. The van der Waals surface area contributed by atoms with Gasteiger partial charge in [-0.1, -0.05) is 35.5 Å². The highest BCUT2D eigenvalue weighted by Gasteiger charge is 2.10. The molecule has 1 heterocycles. The highest BCUT2D eigenvalue weighted by Crippen LogP contribution is 2.21. The Morgan fingerprint density at radius 3 is 2.68 bits per heavy atom. The van der Waals surface area contributed by atoms with Crippen molar-refractivity contribution in [2.45, 2.75) is 10.8 Å². The average molecular weight is 374 g/mol. The minimum atomic E-state index is -0.442. The van der Waals surface area contributed by atoms with E-state index in [0.29, 0.717) is 21.5 Å². The van der Waals surface area contributed by atoms with Crippen LogP contribution in [0.2, 0.25) is 5.02 Å². The summed E-state index contributed by atoms with van der Waals surface area (Å²) in [6, 6.07) is 13.2. The number of halogens is 1. The van der Waals surface area contributed by atoms with Crippen LogP contribution in [0.25, 0.3) is 5.69 Å². The molecule has 25 heavy (non-hydrogen) atoms. The molecule has 0 aliphatic heterocycles. The molecule has 0 fully saturated rings. The van der Waals surface area contributed by atoms with Crippen LogP contribution in [0.1, 0.15) is 5.56 Å². The van der Waals surface area contributed by atoms with Crippen molar-refractivity contribution in [1.29, 1.82) is 0 Å². The predicted octanol–water partition coefficient (Wildman–Crippen LogP) is 4.09. The van der Waals surface area contributed by atoms with Crippen molar-refractivity contribution in [2.75, 3.05) is 0 Å². The summed E-state index contributed by atoms with van der Waals surface area (Å²) in [6.07, 6.45) is 3.13. The van der Waals surface area contributed by atoms with E-state index in [9.17, 15) is 14.9 Å². The molecule has 0 atom stereocenters. The third kappa shape index (κ3) is 4.07. The van der Waals surface area contributed by atoms with Crippen molar-refractivity contribution in [2.24, 2.45) is 0 Å². The molecule has 0 saturated carbocycles. The standard InChI is InChI=1S/C17H12ClN3O3S/c18-13-4-6-14(7-5-13)20-9-8-19-16(17(20)22)25-11-12-2-1-3-15(10-12)21(23)24/h1-10H,11H2. The first kappa shape index (κ1) is 17.2. The van der Waals surface area contributed by atoms with Gasteiger partial charge in [0.25, 0.3) is 11.2 Å². The van der Waals surface area contributed by atoms with Crippen LogP contribution >= 0.6 is 23.4 Å². The topological polar surface area (TPSA) is 78.0 Å². The highest BCUT2D eigenvalue weighted by molar-refractivity contribution is 7.98. The van der Waals surface area contributed by atoms with Crippen LogP contribution in [0.4, 0.5) is 5.69 Å². The Balaban J connectivity index is 1.83. The van der Waals surface area contributed by atoms with E-state index >= 15 is 0 Å². The number of nitro groups is 1.